The zero-order valence-electron chi connectivity index (χ0n) is 11.2. The number of methoxy groups -OCH3 is 1. The minimum atomic E-state index is -0.680. The van der Waals surface area contributed by atoms with Crippen molar-refractivity contribution >= 4 is 12.6 Å². The van der Waals surface area contributed by atoms with Crippen LogP contribution in [0.2, 0.25) is 0 Å². The molecule has 18 heavy (non-hydrogen) atoms. The molecule has 1 aromatic rings. The van der Waals surface area contributed by atoms with Crippen LogP contribution >= 0.6 is 0 Å². The Hall–Kier alpha value is -1.34. The largest absolute Gasteiger partial charge is 0.502 e. The second kappa shape index (κ2) is 4.10. The Balaban J connectivity index is 2.30. The average molecular weight is 252 g/mol. The maximum absolute atomic E-state index is 9.83. The Morgan fingerprint density at radius 1 is 1.22 bits per heavy atom. The Morgan fingerprint density at radius 2 is 1.78 bits per heavy atom. The lowest BCUT2D eigenvalue weighted by Crippen LogP contribution is -2.41. The summed E-state index contributed by atoms with van der Waals surface area (Å²) in [7, 11) is 0.754. The van der Waals surface area contributed by atoms with Gasteiger partial charge in [0.2, 0.25) is 5.88 Å². The molecule has 0 spiro atoms. The first kappa shape index (κ1) is 13.1. The molecule has 1 fully saturated rings. The van der Waals surface area contributed by atoms with Gasteiger partial charge in [-0.1, -0.05) is 0 Å². The number of aromatic nitrogens is 2. The normalized spacial score (nSPS) is 21.1. The van der Waals surface area contributed by atoms with Crippen LogP contribution in [0.4, 0.5) is 0 Å². The first-order valence-electron chi connectivity index (χ1n) is 5.72. The maximum Gasteiger partial charge on any atom is 0.502 e. The second-order valence-electron chi connectivity index (χ2n) is 5.22. The van der Waals surface area contributed by atoms with Gasteiger partial charge in [-0.15, -0.1) is 0 Å². The molecule has 0 bridgehead atoms. The standard InChI is InChI=1S/C11H17BN2O4/c1-10(2)11(3,4)18-12(17-10)7-6-13-9(16-5)14-8(7)15/h6H,1-5H3,(H,13,14,15). The van der Waals surface area contributed by atoms with Gasteiger partial charge in [0.25, 0.3) is 0 Å². The molecule has 0 unspecified atom stereocenters. The smallest absolute Gasteiger partial charge is 0.493 e. The topological polar surface area (TPSA) is 73.7 Å². The predicted molar refractivity (Wildman–Crippen MR) is 66.0 cm³/mol. The molecule has 1 aliphatic heterocycles. The maximum atomic E-state index is 9.83. The van der Waals surface area contributed by atoms with Crippen LogP contribution in [0, 0.1) is 0 Å². The highest BCUT2D eigenvalue weighted by molar-refractivity contribution is 6.62. The number of nitrogens with zero attached hydrogens (tertiary/aromatic N) is 2. The third-order valence-electron chi connectivity index (χ3n) is 3.46. The van der Waals surface area contributed by atoms with Gasteiger partial charge in [-0.05, 0) is 27.7 Å². The number of rotatable bonds is 2. The minimum Gasteiger partial charge on any atom is -0.493 e. The molecule has 0 amide bonds. The molecule has 7 heteroatoms. The van der Waals surface area contributed by atoms with Gasteiger partial charge >= 0.3 is 13.1 Å². The van der Waals surface area contributed by atoms with Crippen LogP contribution < -0.4 is 10.2 Å². The van der Waals surface area contributed by atoms with Crippen LogP contribution in [0.5, 0.6) is 11.9 Å². The molecule has 98 valence electrons. The quantitative estimate of drug-likeness (QED) is 0.772. The van der Waals surface area contributed by atoms with Gasteiger partial charge in [0, 0.05) is 6.20 Å². The monoisotopic (exact) mass is 252 g/mol. The summed E-state index contributed by atoms with van der Waals surface area (Å²) in [5.41, 5.74) is -0.539. The van der Waals surface area contributed by atoms with Crippen LogP contribution in [0.25, 0.3) is 0 Å². The molecule has 0 atom stereocenters. The number of hydrogen-bond donors (Lipinski definition) is 1. The molecule has 1 aromatic heterocycles. The van der Waals surface area contributed by atoms with Crippen molar-refractivity contribution in [2.75, 3.05) is 7.11 Å². The van der Waals surface area contributed by atoms with Gasteiger partial charge in [-0.25, -0.2) is 4.98 Å². The first-order valence-corrected chi connectivity index (χ1v) is 5.72. The van der Waals surface area contributed by atoms with Crippen LogP contribution in [0.15, 0.2) is 6.20 Å². The molecule has 0 aliphatic carbocycles. The summed E-state index contributed by atoms with van der Waals surface area (Å²) in [6, 6.07) is 0.104. The summed E-state index contributed by atoms with van der Waals surface area (Å²) in [6.07, 6.45) is 1.45. The van der Waals surface area contributed by atoms with Crippen molar-refractivity contribution < 1.29 is 19.2 Å². The third-order valence-corrected chi connectivity index (χ3v) is 3.46. The second-order valence-corrected chi connectivity index (χ2v) is 5.22. The van der Waals surface area contributed by atoms with Crippen molar-refractivity contribution in [3.8, 4) is 11.9 Å². The van der Waals surface area contributed by atoms with E-state index in [4.69, 9.17) is 14.0 Å². The van der Waals surface area contributed by atoms with Crippen LogP contribution in [-0.4, -0.2) is 40.5 Å². The van der Waals surface area contributed by atoms with E-state index in [1.54, 1.807) is 0 Å². The van der Waals surface area contributed by atoms with E-state index in [9.17, 15) is 5.11 Å². The SMILES string of the molecule is COc1ncc(B2OC(C)(C)C(C)(C)O2)c(O)n1. The molecule has 1 aliphatic rings. The third kappa shape index (κ3) is 2.04. The molecule has 2 heterocycles. The summed E-state index contributed by atoms with van der Waals surface area (Å²) < 4.78 is 16.4. The first-order chi connectivity index (χ1) is 8.27. The number of hydrogen-bond acceptors (Lipinski definition) is 6. The van der Waals surface area contributed by atoms with E-state index in [-0.39, 0.29) is 11.9 Å². The van der Waals surface area contributed by atoms with E-state index in [0.29, 0.717) is 5.46 Å². The van der Waals surface area contributed by atoms with E-state index >= 15 is 0 Å². The Bertz CT molecular complexity index is 448. The van der Waals surface area contributed by atoms with Gasteiger partial charge in [-0.2, -0.15) is 4.98 Å². The van der Waals surface area contributed by atoms with Gasteiger partial charge < -0.3 is 19.2 Å². The molecule has 0 saturated carbocycles. The van der Waals surface area contributed by atoms with Crippen molar-refractivity contribution in [2.24, 2.45) is 0 Å². The van der Waals surface area contributed by atoms with Crippen LogP contribution in [0.3, 0.4) is 0 Å². The summed E-state index contributed by atoms with van der Waals surface area (Å²) in [5.74, 6) is -0.194. The van der Waals surface area contributed by atoms with E-state index in [0.717, 1.165) is 0 Å². The van der Waals surface area contributed by atoms with Gasteiger partial charge in [-0.3, -0.25) is 0 Å². The summed E-state index contributed by atoms with van der Waals surface area (Å²) >= 11 is 0. The molecule has 1 saturated heterocycles. The molecule has 0 aromatic carbocycles. The lowest BCUT2D eigenvalue weighted by molar-refractivity contribution is 0.00578. The summed E-state index contributed by atoms with van der Waals surface area (Å²) in [4.78, 5) is 7.74. The fourth-order valence-electron chi connectivity index (χ4n) is 1.60. The van der Waals surface area contributed by atoms with E-state index in [2.05, 4.69) is 9.97 Å². The Morgan fingerprint density at radius 3 is 2.22 bits per heavy atom. The highest BCUT2D eigenvalue weighted by atomic mass is 16.7. The highest BCUT2D eigenvalue weighted by Crippen LogP contribution is 2.36. The van der Waals surface area contributed by atoms with Crippen LogP contribution in [0.1, 0.15) is 27.7 Å². The molecule has 1 N–H and O–H groups in total. The van der Waals surface area contributed by atoms with Crippen molar-refractivity contribution in [3.05, 3.63) is 6.20 Å². The summed E-state index contributed by atoms with van der Waals surface area (Å²) in [5, 5.41) is 9.83. The highest BCUT2D eigenvalue weighted by Gasteiger charge is 2.52. The summed E-state index contributed by atoms with van der Waals surface area (Å²) in [6.45, 7) is 7.76. The minimum absolute atomic E-state index is 0.104. The van der Waals surface area contributed by atoms with Gasteiger partial charge in [0.1, 0.15) is 0 Å². The van der Waals surface area contributed by atoms with Crippen molar-refractivity contribution in [3.63, 3.8) is 0 Å². The predicted octanol–water partition coefficient (Wildman–Crippen LogP) is 0.490. The van der Waals surface area contributed by atoms with Crippen molar-refractivity contribution in [1.82, 2.24) is 9.97 Å². The zero-order valence-corrected chi connectivity index (χ0v) is 11.2. The molecular weight excluding hydrogens is 235 g/mol. The number of aromatic hydroxyl groups is 1. The van der Waals surface area contributed by atoms with Crippen molar-refractivity contribution in [2.45, 2.75) is 38.9 Å². The van der Waals surface area contributed by atoms with E-state index in [1.807, 2.05) is 27.7 Å². The van der Waals surface area contributed by atoms with E-state index in [1.165, 1.54) is 13.3 Å². The lowest BCUT2D eigenvalue weighted by Gasteiger charge is -2.32. The zero-order chi connectivity index (χ0) is 13.6. The Labute approximate surface area is 106 Å². The average Bonchev–Trinajstić information content (AvgIpc) is 2.47. The van der Waals surface area contributed by atoms with E-state index < -0.39 is 18.3 Å². The van der Waals surface area contributed by atoms with Crippen molar-refractivity contribution in [1.29, 1.82) is 0 Å². The lowest BCUT2D eigenvalue weighted by atomic mass is 9.81. The van der Waals surface area contributed by atoms with Crippen LogP contribution in [-0.2, 0) is 9.31 Å². The van der Waals surface area contributed by atoms with Gasteiger partial charge in [0.05, 0.1) is 23.8 Å². The fourth-order valence-corrected chi connectivity index (χ4v) is 1.60. The molecule has 0 radical (unpaired) electrons. The Kier molecular flexibility index (Phi) is 2.99. The molecule has 6 nitrogen and oxygen atoms in total. The molecular formula is C11H17BN2O4. The number of ether oxygens (including phenoxy) is 1. The fraction of sp³-hybridized carbons (Fsp3) is 0.636. The van der Waals surface area contributed by atoms with Gasteiger partial charge in [0.15, 0.2) is 0 Å². The molecule has 2 rings (SSSR count).